The van der Waals surface area contributed by atoms with Crippen molar-refractivity contribution in [3.8, 4) is 0 Å². The van der Waals surface area contributed by atoms with Gasteiger partial charge in [-0.15, -0.1) is 0 Å². The number of nitro groups is 2. The molecule has 1 aliphatic heterocycles. The quantitative estimate of drug-likeness (QED) is 0.602. The highest BCUT2D eigenvalue weighted by molar-refractivity contribution is 5.44. The highest BCUT2D eigenvalue weighted by Gasteiger charge is 2.36. The molecule has 0 spiro atoms. The van der Waals surface area contributed by atoms with Crippen LogP contribution in [0, 0.1) is 20.2 Å². The Morgan fingerprint density at radius 3 is 1.64 bits per heavy atom. The van der Waals surface area contributed by atoms with Crippen LogP contribution in [0.3, 0.4) is 0 Å². The van der Waals surface area contributed by atoms with E-state index in [0.29, 0.717) is 0 Å². The van der Waals surface area contributed by atoms with Crippen LogP contribution < -0.4 is 0 Å². The molecule has 1 fully saturated rings. The maximum Gasteiger partial charge on any atom is 0.275 e. The summed E-state index contributed by atoms with van der Waals surface area (Å²) in [6, 6.07) is 12.0. The van der Waals surface area contributed by atoms with E-state index in [1.807, 2.05) is 0 Å². The molecular weight excluding hydrogens is 331 g/mol. The first kappa shape index (κ1) is 17.0. The van der Waals surface area contributed by atoms with E-state index in [9.17, 15) is 24.6 Å². The van der Waals surface area contributed by atoms with Gasteiger partial charge in [0.15, 0.2) is 0 Å². The molecule has 1 saturated heterocycles. The number of rotatable bonds is 4. The van der Waals surface area contributed by atoms with Gasteiger partial charge in [-0.25, -0.2) is 4.39 Å². The van der Waals surface area contributed by atoms with E-state index < -0.39 is 28.2 Å². The Morgan fingerprint density at radius 1 is 0.840 bits per heavy atom. The SMILES string of the molecule is O=[N+]([O-])c1ccccc1[C@@H]1CC(F)C[C@H](c2ccccc2[N+](=O)[O-])O1. The summed E-state index contributed by atoms with van der Waals surface area (Å²) < 4.78 is 20.2. The minimum Gasteiger partial charge on any atom is -0.365 e. The molecule has 0 bridgehead atoms. The monoisotopic (exact) mass is 346 g/mol. The summed E-state index contributed by atoms with van der Waals surface area (Å²) >= 11 is 0. The summed E-state index contributed by atoms with van der Waals surface area (Å²) in [5, 5.41) is 22.4. The van der Waals surface area contributed by atoms with Crippen molar-refractivity contribution in [3.63, 3.8) is 0 Å². The molecule has 0 aliphatic carbocycles. The van der Waals surface area contributed by atoms with Crippen molar-refractivity contribution >= 4 is 11.4 Å². The van der Waals surface area contributed by atoms with Gasteiger partial charge >= 0.3 is 0 Å². The predicted molar refractivity (Wildman–Crippen MR) is 86.9 cm³/mol. The molecule has 2 aromatic carbocycles. The van der Waals surface area contributed by atoms with Gasteiger partial charge in [-0.3, -0.25) is 20.2 Å². The van der Waals surface area contributed by atoms with Crippen LogP contribution in [0.2, 0.25) is 0 Å². The highest BCUT2D eigenvalue weighted by atomic mass is 19.1. The molecular formula is C17H15FN2O5. The predicted octanol–water partition coefficient (Wildman–Crippen LogP) is 4.43. The van der Waals surface area contributed by atoms with Crippen LogP contribution in [0.4, 0.5) is 15.8 Å². The highest BCUT2D eigenvalue weighted by Crippen LogP contribution is 2.44. The van der Waals surface area contributed by atoms with E-state index >= 15 is 0 Å². The normalized spacial score (nSPS) is 23.2. The Balaban J connectivity index is 1.96. The standard InChI is InChI=1S/C17H15FN2O5/c18-11-9-16(12-5-1-3-7-14(12)19(21)22)25-17(10-11)13-6-2-4-8-15(13)20(23)24/h1-8,11,16-17H,9-10H2/t11?,16-,17+. The maximum atomic E-state index is 14.3. The van der Waals surface area contributed by atoms with Gasteiger partial charge in [-0.2, -0.15) is 0 Å². The number of nitrogens with zero attached hydrogens (tertiary/aromatic N) is 2. The van der Waals surface area contributed by atoms with E-state index in [4.69, 9.17) is 4.74 Å². The van der Waals surface area contributed by atoms with Gasteiger partial charge < -0.3 is 4.74 Å². The molecule has 0 N–H and O–H groups in total. The number of alkyl halides is 1. The Kier molecular flexibility index (Phi) is 4.71. The number of para-hydroxylation sites is 2. The summed E-state index contributed by atoms with van der Waals surface area (Å²) in [7, 11) is 0. The second-order valence-corrected chi connectivity index (χ2v) is 5.81. The third-order valence-electron chi connectivity index (χ3n) is 4.23. The van der Waals surface area contributed by atoms with Gasteiger partial charge in [0, 0.05) is 25.0 Å². The lowest BCUT2D eigenvalue weighted by Crippen LogP contribution is -2.25. The molecule has 0 aromatic heterocycles. The van der Waals surface area contributed by atoms with Crippen LogP contribution in [-0.2, 0) is 4.74 Å². The van der Waals surface area contributed by atoms with Gasteiger partial charge in [0.25, 0.3) is 11.4 Å². The van der Waals surface area contributed by atoms with Gasteiger partial charge in [-0.1, -0.05) is 24.3 Å². The first-order valence-electron chi connectivity index (χ1n) is 7.73. The first-order chi connectivity index (χ1) is 12.0. The lowest BCUT2D eigenvalue weighted by atomic mass is 9.92. The van der Waals surface area contributed by atoms with Crippen LogP contribution in [0.1, 0.15) is 36.2 Å². The third-order valence-corrected chi connectivity index (χ3v) is 4.23. The molecule has 1 aliphatic rings. The third kappa shape index (κ3) is 3.48. The molecule has 3 atom stereocenters. The van der Waals surface area contributed by atoms with Crippen molar-refractivity contribution in [1.29, 1.82) is 0 Å². The fourth-order valence-corrected chi connectivity index (χ4v) is 3.12. The van der Waals surface area contributed by atoms with Gasteiger partial charge in [-0.05, 0) is 12.1 Å². The van der Waals surface area contributed by atoms with Crippen molar-refractivity contribution in [2.45, 2.75) is 31.2 Å². The average molecular weight is 346 g/mol. The Bertz CT molecular complexity index is 748. The fraction of sp³-hybridized carbons (Fsp3) is 0.294. The Morgan fingerprint density at radius 2 is 1.24 bits per heavy atom. The number of hydrogen-bond acceptors (Lipinski definition) is 5. The molecule has 130 valence electrons. The van der Waals surface area contributed by atoms with Crippen molar-refractivity contribution in [3.05, 3.63) is 79.9 Å². The minimum atomic E-state index is -1.27. The van der Waals surface area contributed by atoms with Crippen molar-refractivity contribution in [2.24, 2.45) is 0 Å². The fourth-order valence-electron chi connectivity index (χ4n) is 3.12. The van der Waals surface area contributed by atoms with Crippen molar-refractivity contribution in [2.75, 3.05) is 0 Å². The summed E-state index contributed by atoms with van der Waals surface area (Å²) in [6.07, 6.45) is -3.00. The average Bonchev–Trinajstić information content (AvgIpc) is 2.61. The molecule has 2 aromatic rings. The lowest BCUT2D eigenvalue weighted by Gasteiger charge is -2.32. The summed E-state index contributed by atoms with van der Waals surface area (Å²) in [6.45, 7) is 0. The first-order valence-corrected chi connectivity index (χ1v) is 7.73. The molecule has 0 saturated carbocycles. The number of halogens is 1. The van der Waals surface area contributed by atoms with Crippen molar-refractivity contribution in [1.82, 2.24) is 0 Å². The van der Waals surface area contributed by atoms with Crippen molar-refractivity contribution < 1.29 is 19.0 Å². The zero-order valence-electron chi connectivity index (χ0n) is 13.1. The molecule has 1 heterocycles. The Hall–Kier alpha value is -2.87. The van der Waals surface area contributed by atoms with Gasteiger partial charge in [0.1, 0.15) is 6.17 Å². The van der Waals surface area contributed by atoms with E-state index in [1.54, 1.807) is 12.1 Å². The van der Waals surface area contributed by atoms with Crippen LogP contribution in [0.25, 0.3) is 0 Å². The number of hydrogen-bond donors (Lipinski definition) is 0. The lowest BCUT2D eigenvalue weighted by molar-refractivity contribution is -0.387. The molecule has 0 amide bonds. The molecule has 3 rings (SSSR count). The number of ether oxygens (including phenoxy) is 1. The zero-order valence-corrected chi connectivity index (χ0v) is 13.1. The second kappa shape index (κ2) is 6.94. The largest absolute Gasteiger partial charge is 0.365 e. The topological polar surface area (TPSA) is 95.5 Å². The van der Waals surface area contributed by atoms with Gasteiger partial charge in [0.05, 0.1) is 33.2 Å². The van der Waals surface area contributed by atoms with Gasteiger partial charge in [0.2, 0.25) is 0 Å². The van der Waals surface area contributed by atoms with E-state index in [0.717, 1.165) is 0 Å². The Labute approximate surface area is 142 Å². The zero-order chi connectivity index (χ0) is 18.0. The maximum absolute atomic E-state index is 14.3. The number of nitro benzene ring substituents is 2. The summed E-state index contributed by atoms with van der Waals surface area (Å²) in [5.41, 5.74) is 0.252. The minimum absolute atomic E-state index is 0.0258. The number of benzene rings is 2. The van der Waals surface area contributed by atoms with Crippen LogP contribution >= 0.6 is 0 Å². The smallest absolute Gasteiger partial charge is 0.275 e. The molecule has 0 radical (unpaired) electrons. The van der Waals surface area contributed by atoms with Crippen LogP contribution in [-0.4, -0.2) is 16.0 Å². The van der Waals surface area contributed by atoms with E-state index in [-0.39, 0.29) is 35.3 Å². The second-order valence-electron chi connectivity index (χ2n) is 5.81. The summed E-state index contributed by atoms with van der Waals surface area (Å²) in [5.74, 6) is 0. The van der Waals surface area contributed by atoms with E-state index in [2.05, 4.69) is 0 Å². The van der Waals surface area contributed by atoms with E-state index in [1.165, 1.54) is 36.4 Å². The van der Waals surface area contributed by atoms with Crippen LogP contribution in [0.15, 0.2) is 48.5 Å². The molecule has 25 heavy (non-hydrogen) atoms. The molecule has 1 unspecified atom stereocenters. The van der Waals surface area contributed by atoms with Crippen LogP contribution in [0.5, 0.6) is 0 Å². The summed E-state index contributed by atoms with van der Waals surface area (Å²) in [4.78, 5) is 21.3. The molecule has 7 nitrogen and oxygen atoms in total. The molecule has 8 heteroatoms.